The second-order valence-corrected chi connectivity index (χ2v) is 8.28. The summed E-state index contributed by atoms with van der Waals surface area (Å²) >= 11 is 0. The van der Waals surface area contributed by atoms with Crippen molar-refractivity contribution in [1.82, 2.24) is 5.32 Å². The zero-order valence-electron chi connectivity index (χ0n) is 15.6. The van der Waals surface area contributed by atoms with Crippen LogP contribution in [0.4, 0.5) is 0 Å². The summed E-state index contributed by atoms with van der Waals surface area (Å²) in [7, 11) is 1.77. The predicted molar refractivity (Wildman–Crippen MR) is 94.7 cm³/mol. The summed E-state index contributed by atoms with van der Waals surface area (Å²) in [5, 5.41) is 3.34. The third-order valence-corrected chi connectivity index (χ3v) is 6.64. The van der Waals surface area contributed by atoms with Crippen molar-refractivity contribution >= 4 is 5.91 Å². The van der Waals surface area contributed by atoms with Crippen LogP contribution in [0.1, 0.15) is 65.2 Å². The van der Waals surface area contributed by atoms with Gasteiger partial charge < -0.3 is 14.8 Å². The smallest absolute Gasteiger partial charge is 0.223 e. The van der Waals surface area contributed by atoms with Gasteiger partial charge in [0.2, 0.25) is 5.91 Å². The first-order valence-electron chi connectivity index (χ1n) is 10.1. The lowest BCUT2D eigenvalue weighted by atomic mass is 9.80. The minimum atomic E-state index is 0.148. The van der Waals surface area contributed by atoms with E-state index < -0.39 is 0 Å². The number of carbonyl (C=O) groups is 1. The average Bonchev–Trinajstić information content (AvgIpc) is 3.35. The number of nitrogens with one attached hydrogen (secondary N) is 1. The molecule has 0 spiro atoms. The van der Waals surface area contributed by atoms with Crippen LogP contribution in [0.3, 0.4) is 0 Å². The fourth-order valence-electron chi connectivity index (χ4n) is 5.01. The Bertz CT molecular complexity index is 425. The van der Waals surface area contributed by atoms with Gasteiger partial charge in [0.05, 0.1) is 12.2 Å². The molecule has 0 aromatic carbocycles. The molecule has 0 aromatic heterocycles. The molecule has 3 rings (SSSR count). The zero-order valence-corrected chi connectivity index (χ0v) is 15.6. The van der Waals surface area contributed by atoms with Crippen LogP contribution in [0.15, 0.2) is 0 Å². The van der Waals surface area contributed by atoms with E-state index in [4.69, 9.17) is 9.47 Å². The normalized spacial score (nSPS) is 42.5. The number of rotatable bonds is 6. The van der Waals surface area contributed by atoms with Gasteiger partial charge in [-0.2, -0.15) is 0 Å². The molecule has 1 N–H and O–H groups in total. The molecule has 3 aliphatic carbocycles. The molecule has 4 heteroatoms. The van der Waals surface area contributed by atoms with Crippen molar-refractivity contribution in [2.24, 2.45) is 23.7 Å². The van der Waals surface area contributed by atoms with Crippen molar-refractivity contribution in [2.45, 2.75) is 83.5 Å². The first kappa shape index (κ1) is 18.2. The predicted octanol–water partition coefficient (Wildman–Crippen LogP) is 3.54. The number of methoxy groups -OCH3 is 1. The summed E-state index contributed by atoms with van der Waals surface area (Å²) in [6.07, 6.45) is 9.87. The van der Waals surface area contributed by atoms with E-state index in [1.807, 2.05) is 0 Å². The van der Waals surface area contributed by atoms with Gasteiger partial charge in [0.1, 0.15) is 0 Å². The van der Waals surface area contributed by atoms with Crippen molar-refractivity contribution in [2.75, 3.05) is 13.7 Å². The Morgan fingerprint density at radius 2 is 1.96 bits per heavy atom. The lowest BCUT2D eigenvalue weighted by Gasteiger charge is -2.33. The van der Waals surface area contributed by atoms with Gasteiger partial charge in [0, 0.05) is 25.7 Å². The Hall–Kier alpha value is -0.610. The number of amides is 1. The highest BCUT2D eigenvalue weighted by atomic mass is 16.5. The van der Waals surface area contributed by atoms with Gasteiger partial charge in [-0.3, -0.25) is 4.79 Å². The van der Waals surface area contributed by atoms with E-state index in [0.717, 1.165) is 31.8 Å². The second kappa shape index (κ2) is 8.18. The van der Waals surface area contributed by atoms with Gasteiger partial charge in [-0.25, -0.2) is 0 Å². The van der Waals surface area contributed by atoms with E-state index in [1.54, 1.807) is 7.11 Å². The van der Waals surface area contributed by atoms with Crippen LogP contribution in [-0.2, 0) is 14.3 Å². The molecule has 3 aliphatic rings. The molecule has 1 amide bonds. The Morgan fingerprint density at radius 3 is 2.71 bits per heavy atom. The maximum absolute atomic E-state index is 12.6. The summed E-state index contributed by atoms with van der Waals surface area (Å²) in [5.74, 6) is 2.44. The quantitative estimate of drug-likeness (QED) is 0.806. The number of carbonyl (C=O) groups excluding carboxylic acids is 1. The van der Waals surface area contributed by atoms with E-state index >= 15 is 0 Å². The number of hydrogen-bond donors (Lipinski definition) is 1. The van der Waals surface area contributed by atoms with E-state index in [9.17, 15) is 4.79 Å². The molecule has 0 bridgehead atoms. The Balaban J connectivity index is 1.44. The molecular weight excluding hydrogens is 302 g/mol. The van der Waals surface area contributed by atoms with Gasteiger partial charge in [-0.15, -0.1) is 0 Å². The van der Waals surface area contributed by atoms with E-state index in [-0.39, 0.29) is 17.9 Å². The molecule has 4 nitrogen and oxygen atoms in total. The van der Waals surface area contributed by atoms with Crippen LogP contribution in [0.25, 0.3) is 0 Å². The molecule has 24 heavy (non-hydrogen) atoms. The zero-order chi connectivity index (χ0) is 17.1. The van der Waals surface area contributed by atoms with Crippen LogP contribution >= 0.6 is 0 Å². The lowest BCUT2D eigenvalue weighted by Crippen LogP contribution is -2.40. The first-order chi connectivity index (χ1) is 11.6. The highest BCUT2D eigenvalue weighted by Crippen LogP contribution is 2.45. The first-order valence-corrected chi connectivity index (χ1v) is 10.1. The van der Waals surface area contributed by atoms with Crippen molar-refractivity contribution in [1.29, 1.82) is 0 Å². The SMILES string of the molecule is CCOC1CCCC(C2C[C@H]2NC(=O)C2CCC(C)C(OC)C2)C1. The van der Waals surface area contributed by atoms with Crippen LogP contribution < -0.4 is 5.32 Å². The molecule has 3 fully saturated rings. The van der Waals surface area contributed by atoms with Gasteiger partial charge in [-0.1, -0.05) is 13.3 Å². The van der Waals surface area contributed by atoms with Crippen molar-refractivity contribution < 1.29 is 14.3 Å². The van der Waals surface area contributed by atoms with E-state index in [0.29, 0.717) is 24.0 Å². The topological polar surface area (TPSA) is 47.6 Å². The highest BCUT2D eigenvalue weighted by Gasteiger charge is 2.46. The van der Waals surface area contributed by atoms with Crippen LogP contribution in [0.5, 0.6) is 0 Å². The summed E-state index contributed by atoms with van der Waals surface area (Å²) in [4.78, 5) is 12.6. The fourth-order valence-corrected chi connectivity index (χ4v) is 5.01. The maximum atomic E-state index is 12.6. The summed E-state index contributed by atoms with van der Waals surface area (Å²) < 4.78 is 11.4. The average molecular weight is 338 g/mol. The largest absolute Gasteiger partial charge is 0.381 e. The van der Waals surface area contributed by atoms with E-state index in [2.05, 4.69) is 19.2 Å². The Morgan fingerprint density at radius 1 is 1.12 bits per heavy atom. The molecule has 0 heterocycles. The maximum Gasteiger partial charge on any atom is 0.223 e. The lowest BCUT2D eigenvalue weighted by molar-refractivity contribution is -0.128. The van der Waals surface area contributed by atoms with Gasteiger partial charge in [-0.05, 0) is 69.6 Å². The minimum Gasteiger partial charge on any atom is -0.381 e. The van der Waals surface area contributed by atoms with Gasteiger partial charge in [0.15, 0.2) is 0 Å². The summed E-state index contributed by atoms with van der Waals surface area (Å²) in [6, 6.07) is 0.420. The molecule has 138 valence electrons. The fraction of sp³-hybridized carbons (Fsp3) is 0.950. The molecular formula is C20H35NO3. The van der Waals surface area contributed by atoms with Crippen LogP contribution in [0, 0.1) is 23.7 Å². The van der Waals surface area contributed by atoms with Crippen LogP contribution in [0.2, 0.25) is 0 Å². The monoisotopic (exact) mass is 337 g/mol. The Kier molecular flexibility index (Phi) is 6.20. The molecule has 0 aliphatic heterocycles. The Labute approximate surface area is 147 Å². The minimum absolute atomic E-state index is 0.148. The van der Waals surface area contributed by atoms with Crippen molar-refractivity contribution in [3.05, 3.63) is 0 Å². The third-order valence-electron chi connectivity index (χ3n) is 6.64. The van der Waals surface area contributed by atoms with Crippen LogP contribution in [-0.4, -0.2) is 37.9 Å². The molecule has 0 aromatic rings. The molecule has 6 unspecified atom stereocenters. The third kappa shape index (κ3) is 4.32. The highest BCUT2D eigenvalue weighted by molar-refractivity contribution is 5.79. The number of ether oxygens (including phenoxy) is 2. The molecule has 7 atom stereocenters. The second-order valence-electron chi connectivity index (χ2n) is 8.28. The van der Waals surface area contributed by atoms with Crippen molar-refractivity contribution in [3.8, 4) is 0 Å². The molecule has 0 saturated heterocycles. The molecule has 0 radical (unpaired) electrons. The standard InChI is InChI=1S/C20H35NO3/c1-4-24-16-7-5-6-14(10-16)17-12-18(17)21-20(22)15-9-8-13(2)19(11-15)23-3/h13-19H,4-12H2,1-3H3,(H,21,22)/t13?,14?,15?,16?,17?,18-,19?/m1/s1. The van der Waals surface area contributed by atoms with E-state index in [1.165, 1.54) is 32.1 Å². The van der Waals surface area contributed by atoms with Crippen molar-refractivity contribution in [3.63, 3.8) is 0 Å². The van der Waals surface area contributed by atoms with Gasteiger partial charge in [0.25, 0.3) is 0 Å². The summed E-state index contributed by atoms with van der Waals surface area (Å²) in [6.45, 7) is 5.14. The molecule has 3 saturated carbocycles. The number of hydrogen-bond acceptors (Lipinski definition) is 3. The summed E-state index contributed by atoms with van der Waals surface area (Å²) in [5.41, 5.74) is 0. The van der Waals surface area contributed by atoms with Gasteiger partial charge >= 0.3 is 0 Å².